The van der Waals surface area contributed by atoms with Crippen LogP contribution in [0.25, 0.3) is 0 Å². The van der Waals surface area contributed by atoms with Crippen molar-refractivity contribution in [1.29, 1.82) is 0 Å². The fourth-order valence-corrected chi connectivity index (χ4v) is 2.76. The van der Waals surface area contributed by atoms with Gasteiger partial charge in [0.15, 0.2) is 0 Å². The van der Waals surface area contributed by atoms with Crippen molar-refractivity contribution in [2.24, 2.45) is 5.92 Å². The fourth-order valence-electron chi connectivity index (χ4n) is 2.76. The van der Waals surface area contributed by atoms with Crippen LogP contribution in [0.1, 0.15) is 28.8 Å². The first kappa shape index (κ1) is 15.4. The second-order valence-electron chi connectivity index (χ2n) is 5.65. The Morgan fingerprint density at radius 2 is 2.29 bits per heavy atom. The Morgan fingerprint density at radius 1 is 1.52 bits per heavy atom. The topological polar surface area (TPSA) is 75.5 Å². The largest absolute Gasteiger partial charge is 0.341 e. The molecule has 1 aliphatic heterocycles. The Balaban J connectivity index is 2.06. The van der Waals surface area contributed by atoms with Crippen LogP contribution >= 0.6 is 0 Å². The second-order valence-corrected chi connectivity index (χ2v) is 5.65. The van der Waals surface area contributed by atoms with Gasteiger partial charge in [0.25, 0.3) is 11.6 Å². The van der Waals surface area contributed by atoms with Gasteiger partial charge in [0.1, 0.15) is 0 Å². The van der Waals surface area contributed by atoms with Gasteiger partial charge in [-0.25, -0.2) is 0 Å². The highest BCUT2D eigenvalue weighted by Crippen LogP contribution is 2.19. The van der Waals surface area contributed by atoms with Crippen LogP contribution in [0.15, 0.2) is 18.2 Å². The Labute approximate surface area is 124 Å². The number of non-ortho nitro benzene ring substituents is 1. The first-order chi connectivity index (χ1) is 9.99. The summed E-state index contributed by atoms with van der Waals surface area (Å²) in [4.78, 5) is 24.5. The molecule has 6 nitrogen and oxygen atoms in total. The van der Waals surface area contributed by atoms with E-state index in [1.807, 2.05) is 0 Å². The molecule has 0 radical (unpaired) electrons. The summed E-state index contributed by atoms with van der Waals surface area (Å²) in [6.07, 6.45) is 2.27. The second kappa shape index (κ2) is 6.67. The molecule has 1 saturated heterocycles. The molecule has 0 saturated carbocycles. The number of piperidine rings is 1. The van der Waals surface area contributed by atoms with Gasteiger partial charge in [-0.05, 0) is 50.4 Å². The van der Waals surface area contributed by atoms with Gasteiger partial charge >= 0.3 is 0 Å². The summed E-state index contributed by atoms with van der Waals surface area (Å²) in [5.41, 5.74) is 1.19. The van der Waals surface area contributed by atoms with Gasteiger partial charge in [-0.2, -0.15) is 0 Å². The number of aryl methyl sites for hydroxylation is 1. The number of nitrogens with zero attached hydrogens (tertiary/aromatic N) is 2. The third-order valence-electron chi connectivity index (χ3n) is 3.93. The molecule has 1 fully saturated rings. The van der Waals surface area contributed by atoms with Gasteiger partial charge in [0.05, 0.1) is 4.92 Å². The minimum atomic E-state index is -0.446. The molecule has 0 aliphatic carbocycles. The van der Waals surface area contributed by atoms with E-state index in [1.165, 1.54) is 12.1 Å². The van der Waals surface area contributed by atoms with Crippen LogP contribution in [0.3, 0.4) is 0 Å². The number of benzene rings is 1. The first-order valence-electron chi connectivity index (χ1n) is 7.20. The number of nitro benzene ring substituents is 1. The highest BCUT2D eigenvalue weighted by molar-refractivity contribution is 5.95. The van der Waals surface area contributed by atoms with Crippen LogP contribution in [0.2, 0.25) is 0 Å². The predicted octanol–water partition coefficient (Wildman–Crippen LogP) is 1.97. The third-order valence-corrected chi connectivity index (χ3v) is 3.93. The molecule has 1 aromatic carbocycles. The van der Waals surface area contributed by atoms with Crippen LogP contribution in [0.5, 0.6) is 0 Å². The average molecular weight is 291 g/mol. The molecule has 0 aromatic heterocycles. The van der Waals surface area contributed by atoms with Gasteiger partial charge in [-0.15, -0.1) is 0 Å². The maximum absolute atomic E-state index is 12.5. The number of hydrogen-bond acceptors (Lipinski definition) is 4. The SMILES string of the molecule is Cc1cc([N+](=O)[O-])ccc1C(=O)N(C)CC1CCCNC1. The van der Waals surface area contributed by atoms with E-state index >= 15 is 0 Å². The Morgan fingerprint density at radius 3 is 2.86 bits per heavy atom. The summed E-state index contributed by atoms with van der Waals surface area (Å²) >= 11 is 0. The maximum atomic E-state index is 12.5. The quantitative estimate of drug-likeness (QED) is 0.680. The molecule has 1 atom stereocenters. The van der Waals surface area contributed by atoms with Gasteiger partial charge in [-0.1, -0.05) is 0 Å². The van der Waals surface area contributed by atoms with Crippen LogP contribution in [0, 0.1) is 23.0 Å². The molecule has 21 heavy (non-hydrogen) atoms. The zero-order chi connectivity index (χ0) is 15.4. The fraction of sp³-hybridized carbons (Fsp3) is 0.533. The monoisotopic (exact) mass is 291 g/mol. The molecule has 1 heterocycles. The van der Waals surface area contributed by atoms with E-state index in [-0.39, 0.29) is 11.6 Å². The lowest BCUT2D eigenvalue weighted by molar-refractivity contribution is -0.384. The van der Waals surface area contributed by atoms with Crippen molar-refractivity contribution in [3.05, 3.63) is 39.4 Å². The molecule has 0 bridgehead atoms. The van der Waals surface area contributed by atoms with Gasteiger partial charge in [0.2, 0.25) is 0 Å². The van der Waals surface area contributed by atoms with E-state index in [0.29, 0.717) is 23.6 Å². The number of carbonyl (C=O) groups is 1. The van der Waals surface area contributed by atoms with E-state index in [1.54, 1.807) is 24.9 Å². The number of amides is 1. The molecule has 2 rings (SSSR count). The summed E-state index contributed by atoms with van der Waals surface area (Å²) in [6, 6.07) is 4.38. The zero-order valence-corrected chi connectivity index (χ0v) is 12.5. The Kier molecular flexibility index (Phi) is 4.90. The molecule has 1 N–H and O–H groups in total. The summed E-state index contributed by atoms with van der Waals surface area (Å²) in [7, 11) is 1.79. The van der Waals surface area contributed by atoms with Crippen molar-refractivity contribution >= 4 is 11.6 Å². The summed E-state index contributed by atoms with van der Waals surface area (Å²) in [5.74, 6) is 0.402. The normalized spacial score (nSPS) is 18.3. The lowest BCUT2D eigenvalue weighted by Gasteiger charge is -2.28. The number of nitrogens with one attached hydrogen (secondary N) is 1. The molecule has 114 valence electrons. The van der Waals surface area contributed by atoms with E-state index in [4.69, 9.17) is 0 Å². The van der Waals surface area contributed by atoms with E-state index < -0.39 is 4.92 Å². The van der Waals surface area contributed by atoms with Crippen molar-refractivity contribution in [1.82, 2.24) is 10.2 Å². The van der Waals surface area contributed by atoms with Crippen molar-refractivity contribution in [2.75, 3.05) is 26.7 Å². The average Bonchev–Trinajstić information content (AvgIpc) is 2.47. The van der Waals surface area contributed by atoms with Gasteiger partial charge in [0, 0.05) is 31.3 Å². The zero-order valence-electron chi connectivity index (χ0n) is 12.5. The molecule has 0 spiro atoms. The molecule has 1 aliphatic rings. The van der Waals surface area contributed by atoms with E-state index in [9.17, 15) is 14.9 Å². The van der Waals surface area contributed by atoms with Gasteiger partial charge < -0.3 is 10.2 Å². The minimum absolute atomic E-state index is 0.0168. The number of carbonyl (C=O) groups excluding carboxylic acids is 1. The van der Waals surface area contributed by atoms with Crippen molar-refractivity contribution in [2.45, 2.75) is 19.8 Å². The Hall–Kier alpha value is -1.95. The molecule has 1 amide bonds. The van der Waals surface area contributed by atoms with E-state index in [2.05, 4.69) is 5.32 Å². The van der Waals surface area contributed by atoms with E-state index in [0.717, 1.165) is 25.9 Å². The summed E-state index contributed by atoms with van der Waals surface area (Å²) in [5, 5.41) is 14.1. The minimum Gasteiger partial charge on any atom is -0.341 e. The lowest BCUT2D eigenvalue weighted by Crippen LogP contribution is -2.39. The standard InChI is InChI=1S/C15H21N3O3/c1-11-8-13(18(20)21)5-6-14(11)15(19)17(2)10-12-4-3-7-16-9-12/h5-6,8,12,16H,3-4,7,9-10H2,1-2H3. The van der Waals surface area contributed by atoms with Crippen molar-refractivity contribution in [3.8, 4) is 0 Å². The third kappa shape index (κ3) is 3.78. The summed E-state index contributed by atoms with van der Waals surface area (Å²) < 4.78 is 0. The lowest BCUT2D eigenvalue weighted by atomic mass is 9.98. The molecular formula is C15H21N3O3. The number of hydrogen-bond donors (Lipinski definition) is 1. The van der Waals surface area contributed by atoms with Crippen LogP contribution in [0.4, 0.5) is 5.69 Å². The molecule has 6 heteroatoms. The smallest absolute Gasteiger partial charge is 0.269 e. The maximum Gasteiger partial charge on any atom is 0.269 e. The summed E-state index contributed by atoms with van der Waals surface area (Å²) in [6.45, 7) is 4.44. The highest BCUT2D eigenvalue weighted by atomic mass is 16.6. The van der Waals surface area contributed by atoms with Crippen molar-refractivity contribution in [3.63, 3.8) is 0 Å². The molecule has 1 unspecified atom stereocenters. The number of nitro groups is 1. The van der Waals surface area contributed by atoms with Crippen molar-refractivity contribution < 1.29 is 9.72 Å². The molecule has 1 aromatic rings. The molecular weight excluding hydrogens is 270 g/mol. The predicted molar refractivity (Wildman–Crippen MR) is 80.4 cm³/mol. The first-order valence-corrected chi connectivity index (χ1v) is 7.20. The van der Waals surface area contributed by atoms with Crippen LogP contribution in [-0.2, 0) is 0 Å². The number of rotatable bonds is 4. The van der Waals surface area contributed by atoms with Crippen LogP contribution in [-0.4, -0.2) is 42.4 Å². The van der Waals surface area contributed by atoms with Crippen LogP contribution < -0.4 is 5.32 Å². The highest BCUT2D eigenvalue weighted by Gasteiger charge is 2.21. The van der Waals surface area contributed by atoms with Gasteiger partial charge in [-0.3, -0.25) is 14.9 Å². The Bertz CT molecular complexity index is 539.